The number of aromatic nitrogens is 4. The molecule has 0 saturated carbocycles. The van der Waals surface area contributed by atoms with Gasteiger partial charge in [-0.3, -0.25) is 0 Å². The van der Waals surface area contributed by atoms with Gasteiger partial charge in [-0.25, -0.2) is 0 Å². The molecule has 0 bridgehead atoms. The van der Waals surface area contributed by atoms with Gasteiger partial charge in [0, 0.05) is 10.5 Å². The van der Waals surface area contributed by atoms with Gasteiger partial charge in [-0.05, 0) is 30.5 Å². The van der Waals surface area contributed by atoms with E-state index in [0.717, 1.165) is 5.56 Å². The molecule has 0 aliphatic rings. The second-order valence-electron chi connectivity index (χ2n) is 3.68. The molecule has 0 aliphatic carbocycles. The van der Waals surface area contributed by atoms with Crippen LogP contribution in [0.25, 0.3) is 17.0 Å². The summed E-state index contributed by atoms with van der Waals surface area (Å²) >= 11 is 7.59. The molecule has 90 valence electrons. The van der Waals surface area contributed by atoms with E-state index in [0.29, 0.717) is 16.6 Å². The Morgan fingerprint density at radius 1 is 1.06 bits per heavy atom. The first-order chi connectivity index (χ1) is 8.78. The summed E-state index contributed by atoms with van der Waals surface area (Å²) in [6.45, 7) is 0. The maximum Gasteiger partial charge on any atom is 0.185 e. The zero-order valence-corrected chi connectivity index (χ0v) is 11.1. The van der Waals surface area contributed by atoms with Gasteiger partial charge >= 0.3 is 0 Å². The number of fused-ring (bicyclic) bond motifs is 1. The number of halogens is 1. The Kier molecular flexibility index (Phi) is 2.93. The van der Waals surface area contributed by atoms with Crippen molar-refractivity contribution in [1.29, 1.82) is 0 Å². The van der Waals surface area contributed by atoms with Crippen LogP contribution in [0, 0.1) is 0 Å². The van der Waals surface area contributed by atoms with E-state index < -0.39 is 0 Å². The van der Waals surface area contributed by atoms with Crippen molar-refractivity contribution in [1.82, 2.24) is 19.8 Å². The number of hydrogen-bond acceptors (Lipinski definition) is 4. The van der Waals surface area contributed by atoms with Gasteiger partial charge in [-0.2, -0.15) is 9.61 Å². The van der Waals surface area contributed by atoms with Crippen LogP contribution in [-0.2, 0) is 0 Å². The lowest BCUT2D eigenvalue weighted by atomic mass is 10.2. The molecule has 0 fully saturated rings. The Bertz CT molecular complexity index is 693. The van der Waals surface area contributed by atoms with Crippen molar-refractivity contribution >= 4 is 29.0 Å². The van der Waals surface area contributed by atoms with Crippen molar-refractivity contribution in [3.63, 3.8) is 0 Å². The highest BCUT2D eigenvalue weighted by atomic mass is 35.5. The summed E-state index contributed by atoms with van der Waals surface area (Å²) in [5, 5.41) is 12.8. The van der Waals surface area contributed by atoms with Crippen molar-refractivity contribution in [3.05, 3.63) is 41.6 Å². The van der Waals surface area contributed by atoms with Gasteiger partial charge in [0.2, 0.25) is 0 Å². The minimum Gasteiger partial charge on any atom is -0.191 e. The summed E-state index contributed by atoms with van der Waals surface area (Å²) in [5.74, 6) is 0.695. The van der Waals surface area contributed by atoms with E-state index in [1.54, 1.807) is 28.4 Å². The lowest BCUT2D eigenvalue weighted by molar-refractivity contribution is 0.936. The van der Waals surface area contributed by atoms with Gasteiger partial charge in [0.1, 0.15) is 5.15 Å². The Labute approximate surface area is 113 Å². The number of benzene rings is 1. The van der Waals surface area contributed by atoms with E-state index in [-0.39, 0.29) is 0 Å². The number of thioether (sulfide) groups is 1. The van der Waals surface area contributed by atoms with Gasteiger partial charge in [0.05, 0.1) is 0 Å². The molecule has 0 aliphatic heterocycles. The summed E-state index contributed by atoms with van der Waals surface area (Å²) < 4.78 is 1.65. The Morgan fingerprint density at radius 2 is 1.83 bits per heavy atom. The van der Waals surface area contributed by atoms with E-state index in [1.165, 1.54) is 4.90 Å². The average Bonchev–Trinajstić information content (AvgIpc) is 2.82. The SMILES string of the molecule is CSc1ccc(-c2nnc3ccc(Cl)nn23)cc1. The van der Waals surface area contributed by atoms with E-state index in [2.05, 4.69) is 15.3 Å². The highest BCUT2D eigenvalue weighted by molar-refractivity contribution is 7.98. The molecule has 18 heavy (non-hydrogen) atoms. The first-order valence-corrected chi connectivity index (χ1v) is 6.90. The molecule has 0 saturated heterocycles. The fraction of sp³-hybridized carbons (Fsp3) is 0.0833. The monoisotopic (exact) mass is 276 g/mol. The van der Waals surface area contributed by atoms with E-state index in [1.807, 2.05) is 30.5 Å². The van der Waals surface area contributed by atoms with E-state index >= 15 is 0 Å². The van der Waals surface area contributed by atoms with Gasteiger partial charge in [0.25, 0.3) is 0 Å². The summed E-state index contributed by atoms with van der Waals surface area (Å²) in [6, 6.07) is 11.6. The fourth-order valence-electron chi connectivity index (χ4n) is 1.69. The van der Waals surface area contributed by atoms with Crippen molar-refractivity contribution in [3.8, 4) is 11.4 Å². The number of hydrogen-bond donors (Lipinski definition) is 0. The molecule has 0 spiro atoms. The quantitative estimate of drug-likeness (QED) is 0.674. The van der Waals surface area contributed by atoms with Gasteiger partial charge in [-0.15, -0.1) is 22.0 Å². The van der Waals surface area contributed by atoms with E-state index in [4.69, 9.17) is 11.6 Å². The van der Waals surface area contributed by atoms with Gasteiger partial charge < -0.3 is 0 Å². The summed E-state index contributed by atoms with van der Waals surface area (Å²) in [5.41, 5.74) is 1.65. The Balaban J connectivity index is 2.15. The zero-order valence-electron chi connectivity index (χ0n) is 9.54. The predicted octanol–water partition coefficient (Wildman–Crippen LogP) is 3.17. The second-order valence-corrected chi connectivity index (χ2v) is 4.95. The third kappa shape index (κ3) is 1.95. The van der Waals surface area contributed by atoms with Crippen LogP contribution in [0.15, 0.2) is 41.3 Å². The molecule has 0 N–H and O–H groups in total. The van der Waals surface area contributed by atoms with Gasteiger partial charge in [0.15, 0.2) is 11.5 Å². The summed E-state index contributed by atoms with van der Waals surface area (Å²) in [6.07, 6.45) is 2.04. The lowest BCUT2D eigenvalue weighted by Crippen LogP contribution is -1.94. The molecule has 3 rings (SSSR count). The fourth-order valence-corrected chi connectivity index (χ4v) is 2.23. The minimum atomic E-state index is 0.421. The minimum absolute atomic E-state index is 0.421. The standard InChI is InChI=1S/C12H9ClN4S/c1-18-9-4-2-8(3-5-9)12-15-14-11-7-6-10(13)16-17(11)12/h2-7H,1H3. The van der Waals surface area contributed by atoms with E-state index in [9.17, 15) is 0 Å². The molecule has 0 atom stereocenters. The maximum absolute atomic E-state index is 5.89. The summed E-state index contributed by atoms with van der Waals surface area (Å²) in [4.78, 5) is 1.21. The Morgan fingerprint density at radius 3 is 2.56 bits per heavy atom. The van der Waals surface area contributed by atoms with Crippen LogP contribution in [0.2, 0.25) is 5.15 Å². The third-order valence-corrected chi connectivity index (χ3v) is 3.52. The largest absolute Gasteiger partial charge is 0.191 e. The molecule has 4 nitrogen and oxygen atoms in total. The molecule has 2 heterocycles. The third-order valence-electron chi connectivity index (χ3n) is 2.58. The van der Waals surface area contributed by atoms with Crippen LogP contribution in [0.3, 0.4) is 0 Å². The molecule has 0 radical (unpaired) electrons. The highest BCUT2D eigenvalue weighted by Gasteiger charge is 2.09. The average molecular weight is 277 g/mol. The van der Waals surface area contributed by atoms with Crippen molar-refractivity contribution in [2.24, 2.45) is 0 Å². The summed E-state index contributed by atoms with van der Waals surface area (Å²) in [7, 11) is 0. The van der Waals surface area contributed by atoms with Crippen LogP contribution in [0.1, 0.15) is 0 Å². The van der Waals surface area contributed by atoms with Crippen LogP contribution in [0.5, 0.6) is 0 Å². The first-order valence-electron chi connectivity index (χ1n) is 5.30. The predicted molar refractivity (Wildman–Crippen MR) is 73.0 cm³/mol. The van der Waals surface area contributed by atoms with Crippen LogP contribution >= 0.6 is 23.4 Å². The van der Waals surface area contributed by atoms with Gasteiger partial charge in [-0.1, -0.05) is 23.7 Å². The normalized spacial score (nSPS) is 11.0. The maximum atomic E-state index is 5.89. The second kappa shape index (κ2) is 4.59. The first kappa shape index (κ1) is 11.5. The molecule has 3 aromatic rings. The molecule has 6 heteroatoms. The van der Waals surface area contributed by atoms with Crippen molar-refractivity contribution in [2.75, 3.05) is 6.26 Å². The molecule has 0 amide bonds. The number of nitrogens with zero attached hydrogens (tertiary/aromatic N) is 4. The smallest absolute Gasteiger partial charge is 0.185 e. The number of rotatable bonds is 2. The topological polar surface area (TPSA) is 43.1 Å². The van der Waals surface area contributed by atoms with Crippen molar-refractivity contribution < 1.29 is 0 Å². The lowest BCUT2D eigenvalue weighted by Gasteiger charge is -2.00. The van der Waals surface area contributed by atoms with Crippen molar-refractivity contribution in [2.45, 2.75) is 4.90 Å². The van der Waals surface area contributed by atoms with Crippen LogP contribution in [-0.4, -0.2) is 26.1 Å². The molecular weight excluding hydrogens is 268 g/mol. The molecule has 2 aromatic heterocycles. The highest BCUT2D eigenvalue weighted by Crippen LogP contribution is 2.22. The molecule has 1 aromatic carbocycles. The van der Waals surface area contributed by atoms with Crippen LogP contribution < -0.4 is 0 Å². The molecule has 0 unspecified atom stereocenters. The Hall–Kier alpha value is -1.59. The molecular formula is C12H9ClN4S. The van der Waals surface area contributed by atoms with Crippen LogP contribution in [0.4, 0.5) is 0 Å². The zero-order chi connectivity index (χ0) is 12.5.